The molecule has 5 aliphatic carbocycles. The van der Waals surface area contributed by atoms with Crippen molar-refractivity contribution in [2.45, 2.75) is 231 Å². The van der Waals surface area contributed by atoms with E-state index in [2.05, 4.69) is 13.5 Å². The molecule has 5 saturated carbocycles. The summed E-state index contributed by atoms with van der Waals surface area (Å²) in [6.07, 6.45) is -35.9. The number of rotatable bonds is 15. The minimum atomic E-state index is -1.93. The van der Waals surface area contributed by atoms with Crippen LogP contribution < -0.4 is 0 Å². The lowest BCUT2D eigenvalue weighted by molar-refractivity contribution is -0.382. The van der Waals surface area contributed by atoms with Crippen molar-refractivity contribution < 1.29 is 134 Å². The number of esters is 1. The molecule has 31 atom stereocenters. The van der Waals surface area contributed by atoms with Gasteiger partial charge in [-0.15, -0.1) is 0 Å². The minimum absolute atomic E-state index is 0.0274. The maximum absolute atomic E-state index is 15.0. The fraction of sp³-hybridized carbons (Fsp3) is 0.941. The summed E-state index contributed by atoms with van der Waals surface area (Å²) in [7, 11) is 0. The summed E-state index contributed by atoms with van der Waals surface area (Å²) >= 11 is 0. The summed E-state index contributed by atoms with van der Waals surface area (Å²) in [4.78, 5) is 15.0. The molecule has 0 radical (unpaired) electrons. The molecule has 4 aliphatic heterocycles. The van der Waals surface area contributed by atoms with Crippen LogP contribution in [0.5, 0.6) is 0 Å². The van der Waals surface area contributed by atoms with Crippen LogP contribution >= 0.6 is 0 Å². The van der Waals surface area contributed by atoms with E-state index in [1.165, 1.54) is 0 Å². The topological polar surface area (TPSA) is 444 Å². The number of hydrogen-bond donors (Lipinski definition) is 17. The second kappa shape index (κ2) is 23.3. The first-order chi connectivity index (χ1) is 36.8. The SMILES string of the molecule is C=C1C[C@@]23CCC4[C@](C)(C(=O)OC5CC(CO)C(O)C(O)C5OC5OC(CO)C(O)C(O)C5O)CCC[C@@]4(C)[C@@H]2CCC1(OC1OC(COC2OC(CO)C(O)C(O)C2O)C(O)C(O)C1OC1OC(CO)C(O)C(O)C1O)C3. The third-order valence-corrected chi connectivity index (χ3v) is 19.7. The molecule has 4 heterocycles. The third kappa shape index (κ3) is 10.4. The van der Waals surface area contributed by atoms with Gasteiger partial charge in [-0.25, -0.2) is 0 Å². The number of carbonyl (C=O) groups excluding carboxylic acids is 1. The summed E-state index contributed by atoms with van der Waals surface area (Å²) in [5, 5.41) is 181. The van der Waals surface area contributed by atoms with Gasteiger partial charge in [0, 0.05) is 12.5 Å². The number of aliphatic hydroxyl groups is 17. The van der Waals surface area contributed by atoms with E-state index >= 15 is 0 Å². The average molecular weight is 1130 g/mol. The van der Waals surface area contributed by atoms with Crippen LogP contribution in [0.3, 0.4) is 0 Å². The second-order valence-electron chi connectivity index (χ2n) is 24.1. The molecule has 448 valence electrons. The maximum atomic E-state index is 15.0. The summed E-state index contributed by atoms with van der Waals surface area (Å²) in [6.45, 7) is 5.00. The Balaban J connectivity index is 0.943. The Morgan fingerprint density at radius 1 is 0.551 bits per heavy atom. The molecule has 4 saturated heterocycles. The summed E-state index contributed by atoms with van der Waals surface area (Å²) < 4.78 is 54.1. The van der Waals surface area contributed by atoms with Gasteiger partial charge in [-0.1, -0.05) is 19.9 Å². The Morgan fingerprint density at radius 3 is 1.62 bits per heavy atom. The quantitative estimate of drug-likeness (QED) is 0.0412. The molecule has 2 bridgehead atoms. The van der Waals surface area contributed by atoms with Crippen molar-refractivity contribution >= 4 is 5.97 Å². The number of ether oxygens (including phenoxy) is 9. The zero-order chi connectivity index (χ0) is 56.7. The van der Waals surface area contributed by atoms with Gasteiger partial charge in [-0.05, 0) is 93.0 Å². The van der Waals surface area contributed by atoms with Crippen LogP contribution in [0, 0.1) is 34.0 Å². The molecule has 78 heavy (non-hydrogen) atoms. The van der Waals surface area contributed by atoms with Crippen molar-refractivity contribution in [2.75, 3.05) is 33.0 Å². The van der Waals surface area contributed by atoms with E-state index in [1.807, 2.05) is 6.92 Å². The highest BCUT2D eigenvalue weighted by Crippen LogP contribution is 2.74. The summed E-state index contributed by atoms with van der Waals surface area (Å²) in [6, 6.07) is 0. The molecule has 0 aromatic heterocycles. The molecular weight excluding hydrogens is 1040 g/mol. The molecule has 9 fully saturated rings. The Morgan fingerprint density at radius 2 is 1.05 bits per heavy atom. The van der Waals surface area contributed by atoms with Gasteiger partial charge in [-0.2, -0.15) is 0 Å². The van der Waals surface area contributed by atoms with E-state index < -0.39 is 214 Å². The van der Waals surface area contributed by atoms with Gasteiger partial charge in [0.25, 0.3) is 0 Å². The molecule has 0 amide bonds. The van der Waals surface area contributed by atoms with Gasteiger partial charge in [-0.3, -0.25) is 4.79 Å². The zero-order valence-electron chi connectivity index (χ0n) is 43.6. The zero-order valence-corrected chi connectivity index (χ0v) is 43.6. The molecule has 0 aromatic carbocycles. The van der Waals surface area contributed by atoms with Gasteiger partial charge < -0.3 is 129 Å². The molecule has 27 heteroatoms. The van der Waals surface area contributed by atoms with Gasteiger partial charge in [0.15, 0.2) is 25.2 Å². The van der Waals surface area contributed by atoms with Crippen molar-refractivity contribution in [2.24, 2.45) is 34.0 Å². The van der Waals surface area contributed by atoms with E-state index in [0.29, 0.717) is 56.9 Å². The lowest BCUT2D eigenvalue weighted by atomic mass is 9.41. The van der Waals surface area contributed by atoms with Crippen LogP contribution in [0.1, 0.15) is 78.1 Å². The monoisotopic (exact) mass is 1130 g/mol. The molecule has 1 spiro atoms. The number of fused-ring (bicyclic) bond motifs is 3. The maximum Gasteiger partial charge on any atom is 0.312 e. The van der Waals surface area contributed by atoms with Crippen molar-refractivity contribution in [1.29, 1.82) is 0 Å². The second-order valence-corrected chi connectivity index (χ2v) is 24.1. The van der Waals surface area contributed by atoms with Gasteiger partial charge in [0.05, 0.1) is 43.5 Å². The Hall–Kier alpha value is -1.79. The van der Waals surface area contributed by atoms with Crippen molar-refractivity contribution in [3.63, 3.8) is 0 Å². The summed E-state index contributed by atoms with van der Waals surface area (Å²) in [5.41, 5.74) is -2.57. The van der Waals surface area contributed by atoms with Crippen LogP contribution in [0.25, 0.3) is 0 Å². The van der Waals surface area contributed by atoms with Crippen molar-refractivity contribution in [3.05, 3.63) is 12.2 Å². The first-order valence-electron chi connectivity index (χ1n) is 27.2. The van der Waals surface area contributed by atoms with E-state index in [9.17, 15) is 91.6 Å². The Bertz CT molecular complexity index is 2070. The number of hydrogen-bond acceptors (Lipinski definition) is 27. The highest BCUT2D eigenvalue weighted by atomic mass is 16.8. The molecule has 9 aliphatic rings. The first kappa shape index (κ1) is 60.8. The van der Waals surface area contributed by atoms with Crippen molar-refractivity contribution in [1.82, 2.24) is 0 Å². The normalized spacial score (nSPS) is 54.5. The van der Waals surface area contributed by atoms with Gasteiger partial charge in [0.1, 0.15) is 116 Å². The third-order valence-electron chi connectivity index (χ3n) is 19.7. The molecule has 17 N–H and O–H groups in total. The molecule has 9 rings (SSSR count). The minimum Gasteiger partial charge on any atom is -0.459 e. The lowest BCUT2D eigenvalue weighted by Crippen LogP contribution is -2.66. The van der Waals surface area contributed by atoms with E-state index in [1.54, 1.807) is 0 Å². The van der Waals surface area contributed by atoms with Crippen LogP contribution in [-0.2, 0) is 47.4 Å². The van der Waals surface area contributed by atoms with E-state index in [4.69, 9.17) is 42.6 Å². The molecule has 27 unspecified atom stereocenters. The van der Waals surface area contributed by atoms with Crippen molar-refractivity contribution in [3.8, 4) is 0 Å². The van der Waals surface area contributed by atoms with Crippen LogP contribution in [-0.4, -0.2) is 279 Å². The van der Waals surface area contributed by atoms with Gasteiger partial charge in [0.2, 0.25) is 0 Å². The fourth-order valence-corrected chi connectivity index (χ4v) is 15.3. The highest BCUT2D eigenvalue weighted by molar-refractivity contribution is 5.77. The van der Waals surface area contributed by atoms with Crippen LogP contribution in [0.4, 0.5) is 0 Å². The number of carbonyl (C=O) groups is 1. The molecule has 0 aromatic rings. The largest absolute Gasteiger partial charge is 0.459 e. The van der Waals surface area contributed by atoms with E-state index in [-0.39, 0.29) is 18.3 Å². The first-order valence-corrected chi connectivity index (χ1v) is 27.2. The Kier molecular flexibility index (Phi) is 18.2. The van der Waals surface area contributed by atoms with Gasteiger partial charge >= 0.3 is 5.97 Å². The fourth-order valence-electron chi connectivity index (χ4n) is 15.3. The smallest absolute Gasteiger partial charge is 0.312 e. The number of aliphatic hydroxyl groups excluding tert-OH is 17. The standard InChI is InChI=1S/C51H82O27/c1-19-12-50-9-5-26-48(2,7-4-8-49(26,3)47(69)75-21-11-20(13-52)28(56)36(64)41(21)76-44-39(67)34(62)30(58)23(15-54)72-44)27(50)6-10-51(19,18-50)78-46-42(77-45-40(68)35(63)31(59)24(16-55)73-45)37(65)32(60)25(74-46)17-70-43-38(66)33(61)29(57)22(14-53)71-43/h20-46,52-68H,1,4-18H2,2-3H3/t20?,21?,22?,23?,24?,25?,26?,27-,28?,29?,30?,31?,32?,33?,34?,35?,36?,37?,38?,39?,40?,41?,42?,43?,44?,45?,46?,48+,49+,50+,51?/m0/s1. The molecule has 27 nitrogen and oxygen atoms in total. The van der Waals surface area contributed by atoms with E-state index in [0.717, 1.165) is 6.42 Å². The Labute approximate surface area is 449 Å². The predicted molar refractivity (Wildman–Crippen MR) is 255 cm³/mol. The summed E-state index contributed by atoms with van der Waals surface area (Å²) in [5.74, 6) is -1.86. The highest BCUT2D eigenvalue weighted by Gasteiger charge is 2.70. The predicted octanol–water partition coefficient (Wildman–Crippen LogP) is -6.63. The van der Waals surface area contributed by atoms with Crippen LogP contribution in [0.2, 0.25) is 0 Å². The lowest BCUT2D eigenvalue weighted by Gasteiger charge is -2.64. The van der Waals surface area contributed by atoms with Crippen LogP contribution in [0.15, 0.2) is 12.2 Å². The average Bonchev–Trinajstić information content (AvgIpc) is 3.50. The molecular formula is C51H82O27.